The minimum absolute atomic E-state index is 0.555. The van der Waals surface area contributed by atoms with E-state index < -0.39 is 0 Å². The van der Waals surface area contributed by atoms with Gasteiger partial charge in [0, 0.05) is 18.5 Å². The number of aryl methyl sites for hydroxylation is 2. The zero-order valence-electron chi connectivity index (χ0n) is 13.2. The van der Waals surface area contributed by atoms with E-state index >= 15 is 0 Å². The minimum Gasteiger partial charge on any atom is -0.487 e. The molecule has 0 saturated heterocycles. The van der Waals surface area contributed by atoms with Gasteiger partial charge in [0.05, 0.1) is 11.2 Å². The van der Waals surface area contributed by atoms with Crippen LogP contribution in [0.15, 0.2) is 48.5 Å². The average molecular weight is 294 g/mol. The number of benzene rings is 2. The van der Waals surface area contributed by atoms with Gasteiger partial charge in [0.15, 0.2) is 0 Å². The summed E-state index contributed by atoms with van der Waals surface area (Å²) in [4.78, 5) is 0. The van der Waals surface area contributed by atoms with Crippen molar-refractivity contribution in [2.75, 3.05) is 0 Å². The highest BCUT2D eigenvalue weighted by atomic mass is 16.5. The van der Waals surface area contributed by atoms with E-state index in [4.69, 9.17) is 10.5 Å². The van der Waals surface area contributed by atoms with Gasteiger partial charge in [0.1, 0.15) is 12.4 Å². The van der Waals surface area contributed by atoms with Crippen molar-refractivity contribution in [3.05, 3.63) is 65.4 Å². The van der Waals surface area contributed by atoms with Gasteiger partial charge in [0.25, 0.3) is 0 Å². The van der Waals surface area contributed by atoms with Crippen molar-refractivity contribution in [1.82, 2.24) is 4.57 Å². The molecular formula is C19H22N2O. The maximum atomic E-state index is 5.97. The van der Waals surface area contributed by atoms with E-state index in [0.29, 0.717) is 13.2 Å². The van der Waals surface area contributed by atoms with Gasteiger partial charge in [-0.15, -0.1) is 0 Å². The smallest absolute Gasteiger partial charge is 0.128 e. The summed E-state index contributed by atoms with van der Waals surface area (Å²) in [5, 5.41) is 1.23. The minimum atomic E-state index is 0.555. The molecule has 3 heteroatoms. The first-order valence-corrected chi connectivity index (χ1v) is 7.72. The summed E-state index contributed by atoms with van der Waals surface area (Å²) in [5.74, 6) is 0.909. The summed E-state index contributed by atoms with van der Waals surface area (Å²) in [6.07, 6.45) is 0. The van der Waals surface area contributed by atoms with Gasteiger partial charge in [-0.05, 0) is 43.2 Å². The van der Waals surface area contributed by atoms with Crippen LogP contribution in [0.2, 0.25) is 0 Å². The fourth-order valence-electron chi connectivity index (χ4n) is 2.97. The molecule has 0 spiro atoms. The van der Waals surface area contributed by atoms with Gasteiger partial charge in [0.2, 0.25) is 0 Å². The Bertz CT molecular complexity index is 789. The van der Waals surface area contributed by atoms with Crippen molar-refractivity contribution >= 4 is 10.9 Å². The van der Waals surface area contributed by atoms with Crippen LogP contribution in [-0.2, 0) is 19.7 Å². The van der Waals surface area contributed by atoms with Crippen molar-refractivity contribution in [3.8, 4) is 5.75 Å². The van der Waals surface area contributed by atoms with Gasteiger partial charge in [-0.3, -0.25) is 0 Å². The molecule has 1 heterocycles. The van der Waals surface area contributed by atoms with Gasteiger partial charge < -0.3 is 15.0 Å². The number of rotatable bonds is 5. The third-order valence-electron chi connectivity index (χ3n) is 4.00. The maximum absolute atomic E-state index is 5.97. The van der Waals surface area contributed by atoms with Crippen LogP contribution in [0.3, 0.4) is 0 Å². The number of para-hydroxylation sites is 1. The molecule has 2 N–H and O–H groups in total. The third-order valence-corrected chi connectivity index (χ3v) is 4.00. The maximum Gasteiger partial charge on any atom is 0.128 e. The van der Waals surface area contributed by atoms with E-state index in [2.05, 4.69) is 54.8 Å². The molecule has 3 rings (SSSR count). The van der Waals surface area contributed by atoms with Gasteiger partial charge >= 0.3 is 0 Å². The Kier molecular flexibility index (Phi) is 4.16. The first kappa shape index (κ1) is 14.7. The highest BCUT2D eigenvalue weighted by Gasteiger charge is 2.11. The SMILES string of the molecule is CCn1c(COc2cccc(C)c2)cc2cccc(CN)c21. The van der Waals surface area contributed by atoms with E-state index in [1.165, 1.54) is 27.7 Å². The van der Waals surface area contributed by atoms with Gasteiger partial charge in [-0.25, -0.2) is 0 Å². The normalized spacial score (nSPS) is 11.0. The van der Waals surface area contributed by atoms with E-state index in [1.54, 1.807) is 0 Å². The fourth-order valence-corrected chi connectivity index (χ4v) is 2.97. The fraction of sp³-hybridized carbons (Fsp3) is 0.263. The lowest BCUT2D eigenvalue weighted by Gasteiger charge is -2.11. The zero-order chi connectivity index (χ0) is 15.5. The highest BCUT2D eigenvalue weighted by molar-refractivity contribution is 5.84. The van der Waals surface area contributed by atoms with Crippen molar-refractivity contribution in [2.45, 2.75) is 33.5 Å². The Morgan fingerprint density at radius 3 is 2.64 bits per heavy atom. The zero-order valence-corrected chi connectivity index (χ0v) is 13.2. The molecule has 2 aromatic carbocycles. The summed E-state index contributed by atoms with van der Waals surface area (Å²) in [6, 6.07) is 16.7. The Morgan fingerprint density at radius 1 is 1.09 bits per heavy atom. The molecule has 0 aliphatic heterocycles. The van der Waals surface area contributed by atoms with Crippen LogP contribution in [0.25, 0.3) is 10.9 Å². The van der Waals surface area contributed by atoms with Gasteiger partial charge in [-0.1, -0.05) is 30.3 Å². The lowest BCUT2D eigenvalue weighted by molar-refractivity contribution is 0.296. The third kappa shape index (κ3) is 2.72. The molecule has 0 atom stereocenters. The summed E-state index contributed by atoms with van der Waals surface area (Å²) in [5.41, 5.74) is 10.7. The summed E-state index contributed by atoms with van der Waals surface area (Å²) in [6.45, 7) is 6.26. The largest absolute Gasteiger partial charge is 0.487 e. The van der Waals surface area contributed by atoms with Gasteiger partial charge in [-0.2, -0.15) is 0 Å². The van der Waals surface area contributed by atoms with E-state index in [-0.39, 0.29) is 0 Å². The molecule has 0 aliphatic carbocycles. The molecule has 0 aliphatic rings. The molecule has 0 radical (unpaired) electrons. The number of hydrogen-bond donors (Lipinski definition) is 1. The van der Waals surface area contributed by atoms with Crippen LogP contribution < -0.4 is 10.5 Å². The standard InChI is InChI=1S/C19H22N2O/c1-3-21-17(13-22-18-9-4-6-14(2)10-18)11-15-7-5-8-16(12-20)19(15)21/h4-11H,3,12-13,20H2,1-2H3. The number of hydrogen-bond acceptors (Lipinski definition) is 2. The molecule has 0 bridgehead atoms. The number of fused-ring (bicyclic) bond motifs is 1. The molecule has 22 heavy (non-hydrogen) atoms. The first-order chi connectivity index (χ1) is 10.7. The average Bonchev–Trinajstić information content (AvgIpc) is 2.90. The molecule has 0 saturated carbocycles. The Balaban J connectivity index is 1.93. The number of ether oxygens (including phenoxy) is 1. The topological polar surface area (TPSA) is 40.2 Å². The molecule has 0 unspecified atom stereocenters. The summed E-state index contributed by atoms with van der Waals surface area (Å²) in [7, 11) is 0. The monoisotopic (exact) mass is 294 g/mol. The quantitative estimate of drug-likeness (QED) is 0.772. The molecule has 3 aromatic rings. The van der Waals surface area contributed by atoms with Crippen LogP contribution >= 0.6 is 0 Å². The second-order valence-corrected chi connectivity index (χ2v) is 5.54. The Labute approximate surface area is 131 Å². The predicted molar refractivity (Wildman–Crippen MR) is 91.0 cm³/mol. The van der Waals surface area contributed by atoms with Crippen molar-refractivity contribution < 1.29 is 4.74 Å². The van der Waals surface area contributed by atoms with E-state index in [0.717, 1.165) is 12.3 Å². The summed E-state index contributed by atoms with van der Waals surface area (Å²) >= 11 is 0. The molecular weight excluding hydrogens is 272 g/mol. The lowest BCUT2D eigenvalue weighted by Crippen LogP contribution is -2.07. The second-order valence-electron chi connectivity index (χ2n) is 5.54. The molecule has 0 fully saturated rings. The van der Waals surface area contributed by atoms with E-state index in [9.17, 15) is 0 Å². The van der Waals surface area contributed by atoms with Crippen molar-refractivity contribution in [2.24, 2.45) is 5.73 Å². The second kappa shape index (κ2) is 6.24. The number of aromatic nitrogens is 1. The van der Waals surface area contributed by atoms with Crippen LogP contribution in [0.1, 0.15) is 23.7 Å². The Morgan fingerprint density at radius 2 is 1.91 bits per heavy atom. The van der Waals surface area contributed by atoms with Crippen LogP contribution in [0, 0.1) is 6.92 Å². The Hall–Kier alpha value is -2.26. The molecule has 1 aromatic heterocycles. The molecule has 0 amide bonds. The summed E-state index contributed by atoms with van der Waals surface area (Å²) < 4.78 is 8.27. The van der Waals surface area contributed by atoms with Crippen molar-refractivity contribution in [1.29, 1.82) is 0 Å². The number of nitrogens with two attached hydrogens (primary N) is 1. The van der Waals surface area contributed by atoms with Crippen LogP contribution in [-0.4, -0.2) is 4.57 Å². The van der Waals surface area contributed by atoms with E-state index in [1.807, 2.05) is 12.1 Å². The molecule has 114 valence electrons. The lowest BCUT2D eigenvalue weighted by atomic mass is 10.1. The first-order valence-electron chi connectivity index (χ1n) is 7.72. The highest BCUT2D eigenvalue weighted by Crippen LogP contribution is 2.25. The molecule has 3 nitrogen and oxygen atoms in total. The predicted octanol–water partition coefficient (Wildman–Crippen LogP) is 4.01. The number of nitrogens with zero attached hydrogens (tertiary/aromatic N) is 1. The van der Waals surface area contributed by atoms with Crippen molar-refractivity contribution in [3.63, 3.8) is 0 Å². The van der Waals surface area contributed by atoms with Crippen LogP contribution in [0.4, 0.5) is 0 Å². The van der Waals surface area contributed by atoms with Crippen LogP contribution in [0.5, 0.6) is 5.75 Å².